The Kier molecular flexibility index (Phi) is 5.42. The van der Waals surface area contributed by atoms with E-state index in [1.807, 2.05) is 18.2 Å². The molecule has 1 N–H and O–H groups in total. The highest BCUT2D eigenvalue weighted by Gasteiger charge is 2.20. The van der Waals surface area contributed by atoms with Crippen LogP contribution in [0.1, 0.15) is 5.01 Å². The van der Waals surface area contributed by atoms with Gasteiger partial charge in [-0.25, -0.2) is 9.37 Å². The van der Waals surface area contributed by atoms with E-state index >= 15 is 0 Å². The molecule has 3 aromatic rings. The number of amides is 1. The van der Waals surface area contributed by atoms with Gasteiger partial charge in [-0.15, -0.1) is 11.3 Å². The van der Waals surface area contributed by atoms with Gasteiger partial charge in [-0.2, -0.15) is 0 Å². The SMILES string of the molecule is O=C(CN1CCN(Cc2nc3ccccc3s2)CC1)Nc1ccccc1F. The van der Waals surface area contributed by atoms with Gasteiger partial charge in [-0.05, 0) is 24.3 Å². The first kappa shape index (κ1) is 18.0. The Labute approximate surface area is 161 Å². The standard InChI is InChI=1S/C20H21FN4OS/c21-15-5-1-2-6-16(15)22-19(26)13-24-9-11-25(12-10-24)14-20-23-17-7-3-4-8-18(17)27-20/h1-8H,9-14H2,(H,22,26). The molecule has 0 bridgehead atoms. The Balaban J connectivity index is 1.26. The van der Waals surface area contributed by atoms with Gasteiger partial charge >= 0.3 is 0 Å². The van der Waals surface area contributed by atoms with Crippen LogP contribution in [0.5, 0.6) is 0 Å². The Morgan fingerprint density at radius 2 is 1.74 bits per heavy atom. The summed E-state index contributed by atoms with van der Waals surface area (Å²) in [6.45, 7) is 4.54. The summed E-state index contributed by atoms with van der Waals surface area (Å²) in [5.41, 5.74) is 1.29. The highest BCUT2D eigenvalue weighted by Crippen LogP contribution is 2.23. The molecule has 1 aliphatic rings. The fourth-order valence-electron chi connectivity index (χ4n) is 3.24. The van der Waals surface area contributed by atoms with E-state index < -0.39 is 5.82 Å². The van der Waals surface area contributed by atoms with Gasteiger partial charge in [-0.1, -0.05) is 24.3 Å². The van der Waals surface area contributed by atoms with Crippen molar-refractivity contribution < 1.29 is 9.18 Å². The van der Waals surface area contributed by atoms with Crippen LogP contribution < -0.4 is 5.32 Å². The van der Waals surface area contributed by atoms with Gasteiger partial charge in [0.25, 0.3) is 0 Å². The molecule has 1 saturated heterocycles. The van der Waals surface area contributed by atoms with E-state index in [2.05, 4.69) is 21.2 Å². The van der Waals surface area contributed by atoms with Crippen molar-refractivity contribution in [3.05, 3.63) is 59.4 Å². The minimum Gasteiger partial charge on any atom is -0.322 e. The van der Waals surface area contributed by atoms with Crippen LogP contribution in [0.2, 0.25) is 0 Å². The van der Waals surface area contributed by atoms with Crippen LogP contribution in [-0.2, 0) is 11.3 Å². The molecule has 0 unspecified atom stereocenters. The predicted octanol–water partition coefficient (Wildman–Crippen LogP) is 3.19. The molecule has 2 heterocycles. The average Bonchev–Trinajstić information content (AvgIpc) is 3.07. The molecule has 0 atom stereocenters. The number of hydrogen-bond acceptors (Lipinski definition) is 5. The van der Waals surface area contributed by atoms with E-state index in [0.29, 0.717) is 0 Å². The van der Waals surface area contributed by atoms with Crippen molar-refractivity contribution in [1.29, 1.82) is 0 Å². The summed E-state index contributed by atoms with van der Waals surface area (Å²) < 4.78 is 14.8. The Bertz CT molecular complexity index is 903. The highest BCUT2D eigenvalue weighted by molar-refractivity contribution is 7.18. The first-order valence-electron chi connectivity index (χ1n) is 9.01. The summed E-state index contributed by atoms with van der Waals surface area (Å²) in [5, 5.41) is 3.77. The lowest BCUT2D eigenvalue weighted by Crippen LogP contribution is -2.48. The molecule has 2 aromatic carbocycles. The Morgan fingerprint density at radius 1 is 1.04 bits per heavy atom. The molecule has 1 aliphatic heterocycles. The monoisotopic (exact) mass is 384 g/mol. The van der Waals surface area contributed by atoms with E-state index in [4.69, 9.17) is 4.98 Å². The maximum atomic E-state index is 13.6. The lowest BCUT2D eigenvalue weighted by Gasteiger charge is -2.33. The summed E-state index contributed by atoms with van der Waals surface area (Å²) in [7, 11) is 0. The third kappa shape index (κ3) is 4.50. The van der Waals surface area contributed by atoms with Crippen molar-refractivity contribution in [1.82, 2.24) is 14.8 Å². The molecular formula is C20H21FN4OS. The van der Waals surface area contributed by atoms with Crippen molar-refractivity contribution >= 4 is 33.1 Å². The lowest BCUT2D eigenvalue weighted by atomic mass is 10.3. The summed E-state index contributed by atoms with van der Waals surface area (Å²) in [6.07, 6.45) is 0. The second-order valence-electron chi connectivity index (χ2n) is 6.66. The summed E-state index contributed by atoms with van der Waals surface area (Å²) in [4.78, 5) is 21.3. The number of piperazine rings is 1. The zero-order chi connectivity index (χ0) is 18.6. The second kappa shape index (κ2) is 8.12. The number of fused-ring (bicyclic) bond motifs is 1. The number of benzene rings is 2. The van der Waals surface area contributed by atoms with Crippen LogP contribution in [0.3, 0.4) is 0 Å². The number of halogens is 1. The van der Waals surface area contributed by atoms with Crippen LogP contribution in [0.4, 0.5) is 10.1 Å². The van der Waals surface area contributed by atoms with Crippen molar-refractivity contribution in [2.45, 2.75) is 6.54 Å². The Hall–Kier alpha value is -2.35. The zero-order valence-electron chi connectivity index (χ0n) is 14.9. The van der Waals surface area contributed by atoms with Gasteiger partial charge in [0.05, 0.1) is 29.0 Å². The van der Waals surface area contributed by atoms with Crippen LogP contribution in [0.15, 0.2) is 48.5 Å². The number of para-hydroxylation sites is 2. The van der Waals surface area contributed by atoms with E-state index in [-0.39, 0.29) is 18.1 Å². The number of hydrogen-bond donors (Lipinski definition) is 1. The number of carbonyl (C=O) groups excluding carboxylic acids is 1. The normalized spacial score (nSPS) is 15.9. The van der Waals surface area contributed by atoms with E-state index in [9.17, 15) is 9.18 Å². The number of thiazole rings is 1. The number of anilines is 1. The number of nitrogens with one attached hydrogen (secondary N) is 1. The molecule has 5 nitrogen and oxygen atoms in total. The maximum Gasteiger partial charge on any atom is 0.238 e. The molecule has 0 radical (unpaired) electrons. The molecule has 1 aromatic heterocycles. The van der Waals surface area contributed by atoms with Crippen LogP contribution >= 0.6 is 11.3 Å². The molecule has 4 rings (SSSR count). The fourth-order valence-corrected chi connectivity index (χ4v) is 4.25. The van der Waals surface area contributed by atoms with Gasteiger partial charge in [0.1, 0.15) is 10.8 Å². The molecule has 0 spiro atoms. The highest BCUT2D eigenvalue weighted by atomic mass is 32.1. The van der Waals surface area contributed by atoms with Crippen molar-refractivity contribution in [2.24, 2.45) is 0 Å². The molecule has 0 aliphatic carbocycles. The first-order valence-corrected chi connectivity index (χ1v) is 9.82. The minimum absolute atomic E-state index is 0.181. The van der Waals surface area contributed by atoms with Crippen molar-refractivity contribution in [3.8, 4) is 0 Å². The molecule has 140 valence electrons. The largest absolute Gasteiger partial charge is 0.322 e. The third-order valence-electron chi connectivity index (χ3n) is 4.68. The third-order valence-corrected chi connectivity index (χ3v) is 5.70. The number of aromatic nitrogens is 1. The van der Waals surface area contributed by atoms with Gasteiger partial charge in [0, 0.05) is 26.2 Å². The van der Waals surface area contributed by atoms with Gasteiger partial charge in [0.2, 0.25) is 5.91 Å². The minimum atomic E-state index is -0.411. The van der Waals surface area contributed by atoms with Crippen molar-refractivity contribution in [2.75, 3.05) is 38.0 Å². The molecule has 1 amide bonds. The molecule has 27 heavy (non-hydrogen) atoms. The van der Waals surface area contributed by atoms with Crippen LogP contribution in [-0.4, -0.2) is 53.4 Å². The zero-order valence-corrected chi connectivity index (χ0v) is 15.7. The smallest absolute Gasteiger partial charge is 0.238 e. The van der Waals surface area contributed by atoms with Gasteiger partial charge < -0.3 is 5.32 Å². The van der Waals surface area contributed by atoms with E-state index in [1.165, 1.54) is 10.8 Å². The number of nitrogens with zero attached hydrogens (tertiary/aromatic N) is 3. The maximum absolute atomic E-state index is 13.6. The first-order chi connectivity index (χ1) is 13.2. The summed E-state index contributed by atoms with van der Waals surface area (Å²) >= 11 is 1.74. The second-order valence-corrected chi connectivity index (χ2v) is 7.77. The summed E-state index contributed by atoms with van der Waals surface area (Å²) in [5.74, 6) is -0.591. The number of carbonyl (C=O) groups is 1. The van der Waals surface area contributed by atoms with Crippen LogP contribution in [0, 0.1) is 5.82 Å². The molecule has 0 saturated carbocycles. The van der Waals surface area contributed by atoms with Crippen LogP contribution in [0.25, 0.3) is 10.2 Å². The predicted molar refractivity (Wildman–Crippen MR) is 106 cm³/mol. The number of rotatable bonds is 5. The average molecular weight is 384 g/mol. The molecule has 7 heteroatoms. The molecular weight excluding hydrogens is 363 g/mol. The fraction of sp³-hybridized carbons (Fsp3) is 0.300. The van der Waals surface area contributed by atoms with E-state index in [1.54, 1.807) is 29.5 Å². The summed E-state index contributed by atoms with van der Waals surface area (Å²) in [6, 6.07) is 14.4. The Morgan fingerprint density at radius 3 is 2.52 bits per heavy atom. The quantitative estimate of drug-likeness (QED) is 0.734. The van der Waals surface area contributed by atoms with E-state index in [0.717, 1.165) is 43.2 Å². The van der Waals surface area contributed by atoms with Gasteiger partial charge in [-0.3, -0.25) is 14.6 Å². The topological polar surface area (TPSA) is 48.5 Å². The van der Waals surface area contributed by atoms with Crippen molar-refractivity contribution in [3.63, 3.8) is 0 Å². The van der Waals surface area contributed by atoms with Gasteiger partial charge in [0.15, 0.2) is 0 Å². The molecule has 1 fully saturated rings. The lowest BCUT2D eigenvalue weighted by molar-refractivity contribution is -0.117.